The molecule has 3 aromatic heterocycles. The molecule has 1 aromatic carbocycles. The van der Waals surface area contributed by atoms with Crippen molar-refractivity contribution in [3.8, 4) is 11.3 Å². The summed E-state index contributed by atoms with van der Waals surface area (Å²) in [6.07, 6.45) is 5.64. The lowest BCUT2D eigenvalue weighted by molar-refractivity contribution is -0.117. The number of anilines is 3. The Kier molecular flexibility index (Phi) is 6.32. The number of aromatic nitrogens is 3. The minimum atomic E-state index is -0.332. The first-order valence-corrected chi connectivity index (χ1v) is 13.1. The molecular formula is C29H29N7O3. The molecule has 0 spiro atoms. The number of H-pyrrole nitrogens is 1. The number of carbonyl (C=O) groups excluding carboxylic acids is 3. The van der Waals surface area contributed by atoms with Crippen LogP contribution in [0, 0.1) is 6.92 Å². The van der Waals surface area contributed by atoms with E-state index in [0.717, 1.165) is 47.3 Å². The maximum absolute atomic E-state index is 13.1. The Morgan fingerprint density at radius 1 is 1.13 bits per heavy atom. The summed E-state index contributed by atoms with van der Waals surface area (Å²) in [6, 6.07) is 11.6. The van der Waals surface area contributed by atoms with Crippen LogP contribution >= 0.6 is 0 Å². The number of nitrogens with one attached hydrogen (secondary N) is 4. The monoisotopic (exact) mass is 523 g/mol. The van der Waals surface area contributed by atoms with Crippen LogP contribution in [0.25, 0.3) is 22.3 Å². The fraction of sp³-hybridized carbons (Fsp3) is 0.276. The molecule has 1 fully saturated rings. The Hall–Kier alpha value is -4.57. The van der Waals surface area contributed by atoms with E-state index in [0.29, 0.717) is 47.3 Å². The first-order chi connectivity index (χ1) is 18.8. The van der Waals surface area contributed by atoms with Crippen LogP contribution < -0.4 is 16.0 Å². The molecule has 2 aliphatic rings. The number of aromatic amines is 1. The summed E-state index contributed by atoms with van der Waals surface area (Å²) in [4.78, 5) is 51.9. The van der Waals surface area contributed by atoms with E-state index in [2.05, 4.69) is 42.7 Å². The maximum atomic E-state index is 13.1. The first kappa shape index (κ1) is 24.7. The van der Waals surface area contributed by atoms with Crippen LogP contribution in [0.5, 0.6) is 0 Å². The van der Waals surface area contributed by atoms with Crippen molar-refractivity contribution in [1.82, 2.24) is 19.9 Å². The predicted molar refractivity (Wildman–Crippen MR) is 150 cm³/mol. The Balaban J connectivity index is 1.18. The zero-order valence-corrected chi connectivity index (χ0v) is 21.8. The third kappa shape index (κ3) is 4.98. The van der Waals surface area contributed by atoms with Gasteiger partial charge in [-0.25, -0.2) is 4.98 Å². The van der Waals surface area contributed by atoms with Crippen LogP contribution in [-0.2, 0) is 16.0 Å². The van der Waals surface area contributed by atoms with Gasteiger partial charge in [-0.3, -0.25) is 24.3 Å². The van der Waals surface area contributed by atoms with Crippen LogP contribution in [-0.4, -0.2) is 56.7 Å². The summed E-state index contributed by atoms with van der Waals surface area (Å²) in [6.45, 7) is 5.19. The smallest absolute Gasteiger partial charge is 0.257 e. The number of amides is 3. The standard InChI is InChI=1S/C29H29N7O3/c1-16-5-4-8-36(16)15-27(38)32-20-11-24(17(2)30-14-20)35-29(39)19-9-18-10-25(34-28(18)31-13-19)21-6-3-7-23-22(21)12-26(37)33-23/h3,6-7,9-11,13-14,16H,4-5,8,12,15H2,1-2H3,(H,31,34)(H,32,38)(H,33,37)(H,35,39)/t16-/m0/s1. The molecule has 10 heteroatoms. The van der Waals surface area contributed by atoms with E-state index >= 15 is 0 Å². The van der Waals surface area contributed by atoms with E-state index < -0.39 is 0 Å². The molecule has 5 heterocycles. The highest BCUT2D eigenvalue weighted by Crippen LogP contribution is 2.34. The van der Waals surface area contributed by atoms with Gasteiger partial charge in [0.25, 0.3) is 5.91 Å². The highest BCUT2D eigenvalue weighted by atomic mass is 16.2. The van der Waals surface area contributed by atoms with Crippen molar-refractivity contribution in [3.63, 3.8) is 0 Å². The van der Waals surface area contributed by atoms with Crippen LogP contribution in [0.2, 0.25) is 0 Å². The minimum Gasteiger partial charge on any atom is -0.339 e. The van der Waals surface area contributed by atoms with Gasteiger partial charge < -0.3 is 20.9 Å². The van der Waals surface area contributed by atoms with Crippen molar-refractivity contribution in [2.45, 2.75) is 39.2 Å². The molecule has 39 heavy (non-hydrogen) atoms. The van der Waals surface area contributed by atoms with E-state index in [1.165, 1.54) is 6.20 Å². The van der Waals surface area contributed by atoms with Crippen molar-refractivity contribution in [2.24, 2.45) is 0 Å². The average molecular weight is 524 g/mol. The SMILES string of the molecule is Cc1ncc(NC(=O)CN2CCC[C@@H]2C)cc1NC(=O)c1cnc2[nH]c(-c3cccc4c3CC(=O)N4)cc2c1. The molecule has 0 saturated carbocycles. The fourth-order valence-electron chi connectivity index (χ4n) is 5.32. The highest BCUT2D eigenvalue weighted by Gasteiger charge is 2.23. The van der Waals surface area contributed by atoms with Gasteiger partial charge in [0, 0.05) is 34.6 Å². The molecular weight excluding hydrogens is 494 g/mol. The predicted octanol–water partition coefficient (Wildman–Crippen LogP) is 4.10. The molecule has 1 saturated heterocycles. The summed E-state index contributed by atoms with van der Waals surface area (Å²) in [5.41, 5.74) is 6.22. The molecule has 0 unspecified atom stereocenters. The second-order valence-corrected chi connectivity index (χ2v) is 10.2. The van der Waals surface area contributed by atoms with Crippen molar-refractivity contribution in [3.05, 3.63) is 65.6 Å². The number of benzene rings is 1. The molecule has 2 aliphatic heterocycles. The molecule has 1 atom stereocenters. The summed E-state index contributed by atoms with van der Waals surface area (Å²) in [5, 5.41) is 9.45. The van der Waals surface area contributed by atoms with Crippen molar-refractivity contribution in [1.29, 1.82) is 0 Å². The number of nitrogens with zero attached hydrogens (tertiary/aromatic N) is 3. The lowest BCUT2D eigenvalue weighted by Crippen LogP contribution is -2.35. The van der Waals surface area contributed by atoms with Gasteiger partial charge in [-0.05, 0) is 63.1 Å². The number of hydrogen-bond donors (Lipinski definition) is 4. The summed E-state index contributed by atoms with van der Waals surface area (Å²) in [5.74, 6) is -0.462. The topological polar surface area (TPSA) is 132 Å². The summed E-state index contributed by atoms with van der Waals surface area (Å²) in [7, 11) is 0. The summed E-state index contributed by atoms with van der Waals surface area (Å²) >= 11 is 0. The van der Waals surface area contributed by atoms with Gasteiger partial charge in [-0.1, -0.05) is 12.1 Å². The van der Waals surface area contributed by atoms with Gasteiger partial charge in [0.15, 0.2) is 0 Å². The zero-order chi connectivity index (χ0) is 27.1. The largest absolute Gasteiger partial charge is 0.339 e. The Morgan fingerprint density at radius 2 is 2.00 bits per heavy atom. The number of carbonyl (C=O) groups is 3. The van der Waals surface area contributed by atoms with E-state index in [-0.39, 0.29) is 17.7 Å². The highest BCUT2D eigenvalue weighted by molar-refractivity contribution is 6.07. The lowest BCUT2D eigenvalue weighted by Gasteiger charge is -2.20. The van der Waals surface area contributed by atoms with E-state index in [9.17, 15) is 14.4 Å². The quantitative estimate of drug-likeness (QED) is 0.301. The van der Waals surface area contributed by atoms with Gasteiger partial charge in [-0.15, -0.1) is 0 Å². The molecule has 0 aliphatic carbocycles. The molecule has 4 aromatic rings. The first-order valence-electron chi connectivity index (χ1n) is 13.1. The third-order valence-corrected chi connectivity index (χ3v) is 7.47. The molecule has 10 nitrogen and oxygen atoms in total. The van der Waals surface area contributed by atoms with Gasteiger partial charge in [0.1, 0.15) is 5.65 Å². The number of fused-ring (bicyclic) bond motifs is 2. The number of pyridine rings is 2. The number of rotatable bonds is 6. The molecule has 0 radical (unpaired) electrons. The second-order valence-electron chi connectivity index (χ2n) is 10.2. The van der Waals surface area contributed by atoms with Gasteiger partial charge in [-0.2, -0.15) is 0 Å². The Morgan fingerprint density at radius 3 is 2.82 bits per heavy atom. The van der Waals surface area contributed by atoms with Crippen LogP contribution in [0.3, 0.4) is 0 Å². The Labute approximate surface area is 225 Å². The maximum Gasteiger partial charge on any atom is 0.257 e. The van der Waals surface area contributed by atoms with E-state index in [4.69, 9.17) is 0 Å². The van der Waals surface area contributed by atoms with Crippen molar-refractivity contribution >= 4 is 45.8 Å². The average Bonchev–Trinajstić information content (AvgIpc) is 3.62. The van der Waals surface area contributed by atoms with Crippen LogP contribution in [0.1, 0.15) is 41.4 Å². The molecule has 0 bridgehead atoms. The number of aryl methyl sites for hydroxylation is 1. The van der Waals surface area contributed by atoms with E-state index in [1.807, 2.05) is 24.3 Å². The second kappa shape index (κ2) is 9.95. The lowest BCUT2D eigenvalue weighted by atomic mass is 10.0. The van der Waals surface area contributed by atoms with Gasteiger partial charge in [0.05, 0.1) is 41.8 Å². The van der Waals surface area contributed by atoms with Gasteiger partial charge >= 0.3 is 0 Å². The normalized spacial score (nSPS) is 16.8. The number of likely N-dealkylation sites (tertiary alicyclic amines) is 1. The van der Waals surface area contributed by atoms with Crippen LogP contribution in [0.4, 0.5) is 17.1 Å². The zero-order valence-electron chi connectivity index (χ0n) is 21.8. The van der Waals surface area contributed by atoms with Gasteiger partial charge in [0.2, 0.25) is 11.8 Å². The van der Waals surface area contributed by atoms with Crippen molar-refractivity contribution < 1.29 is 14.4 Å². The molecule has 3 amide bonds. The third-order valence-electron chi connectivity index (χ3n) is 7.47. The fourth-order valence-corrected chi connectivity index (χ4v) is 5.32. The van der Waals surface area contributed by atoms with E-state index in [1.54, 1.807) is 25.3 Å². The molecule has 6 rings (SSSR count). The Bertz CT molecular complexity index is 1630. The number of hydrogen-bond acceptors (Lipinski definition) is 6. The van der Waals surface area contributed by atoms with Crippen LogP contribution in [0.15, 0.2) is 48.8 Å². The van der Waals surface area contributed by atoms with Crippen molar-refractivity contribution in [2.75, 3.05) is 29.0 Å². The molecule has 4 N–H and O–H groups in total. The summed E-state index contributed by atoms with van der Waals surface area (Å²) < 4.78 is 0. The minimum absolute atomic E-state index is 0.0275. The molecule has 198 valence electrons.